The van der Waals surface area contributed by atoms with Gasteiger partial charge in [0, 0.05) is 17.1 Å². The molecule has 3 aromatic rings. The van der Waals surface area contributed by atoms with Gasteiger partial charge in [-0.25, -0.2) is 4.98 Å². The van der Waals surface area contributed by atoms with E-state index in [0.717, 1.165) is 24.3 Å². The molecule has 2 heterocycles. The fraction of sp³-hybridized carbons (Fsp3) is 0.423. The van der Waals surface area contributed by atoms with E-state index in [0.29, 0.717) is 33.2 Å². The number of carboxylic acids is 1. The Hall–Kier alpha value is -2.70. The van der Waals surface area contributed by atoms with Crippen LogP contribution in [0, 0.1) is 5.92 Å². The number of carbonyl (C=O) groups is 1. The lowest BCUT2D eigenvalue weighted by Gasteiger charge is -2.40. The molecule has 6 nitrogen and oxygen atoms in total. The minimum absolute atomic E-state index is 0.315. The zero-order valence-corrected chi connectivity index (χ0v) is 19.3. The van der Waals surface area contributed by atoms with E-state index in [1.807, 2.05) is 12.1 Å². The zero-order chi connectivity index (χ0) is 22.9. The molecule has 1 aromatic heterocycles. The molecule has 1 aliphatic heterocycles. The quantitative estimate of drug-likeness (QED) is 0.567. The average Bonchev–Trinajstić information content (AvgIpc) is 2.78. The van der Waals surface area contributed by atoms with Gasteiger partial charge in [-0.1, -0.05) is 36.2 Å². The Bertz CT molecular complexity index is 1240. The summed E-state index contributed by atoms with van der Waals surface area (Å²) in [7, 11) is 0. The van der Waals surface area contributed by atoms with Gasteiger partial charge in [0.2, 0.25) is 0 Å². The standard InChI is InChI=1S/C26H28ClN3O3/c27-21-6-4-5-19(13-21)25-28-23-8-7-18(14-22(23)26(33)30(25)16-24(31)32)20-11-17(12-20)15-29-9-2-1-3-10-29/h4-8,13-14,17,20H,1-3,9-12,15-16H2,(H,31,32)/t17-,20-. The monoisotopic (exact) mass is 465 g/mol. The number of aliphatic carboxylic acids is 1. The van der Waals surface area contributed by atoms with E-state index >= 15 is 0 Å². The Balaban J connectivity index is 1.43. The highest BCUT2D eigenvalue weighted by atomic mass is 35.5. The normalized spacial score (nSPS) is 21.1. The maximum Gasteiger partial charge on any atom is 0.323 e. The van der Waals surface area contributed by atoms with Crippen molar-refractivity contribution in [2.75, 3.05) is 19.6 Å². The molecule has 2 aromatic carbocycles. The van der Waals surface area contributed by atoms with E-state index in [9.17, 15) is 14.7 Å². The van der Waals surface area contributed by atoms with Crippen molar-refractivity contribution in [3.8, 4) is 11.4 Å². The molecule has 5 rings (SSSR count). The van der Waals surface area contributed by atoms with Gasteiger partial charge < -0.3 is 10.0 Å². The molecule has 1 saturated carbocycles. The minimum Gasteiger partial charge on any atom is -0.480 e. The zero-order valence-electron chi connectivity index (χ0n) is 18.5. The van der Waals surface area contributed by atoms with Crippen LogP contribution >= 0.6 is 11.6 Å². The molecule has 172 valence electrons. The molecular weight excluding hydrogens is 438 g/mol. The molecule has 0 radical (unpaired) electrons. The van der Waals surface area contributed by atoms with Crippen LogP contribution in [0.4, 0.5) is 0 Å². The van der Waals surface area contributed by atoms with Gasteiger partial charge in [-0.2, -0.15) is 0 Å². The van der Waals surface area contributed by atoms with Crippen molar-refractivity contribution >= 4 is 28.5 Å². The highest BCUT2D eigenvalue weighted by Crippen LogP contribution is 2.42. The number of rotatable bonds is 6. The summed E-state index contributed by atoms with van der Waals surface area (Å²) in [5.74, 6) is 0.396. The fourth-order valence-electron chi connectivity index (χ4n) is 5.29. The van der Waals surface area contributed by atoms with E-state index in [2.05, 4.69) is 16.0 Å². The lowest BCUT2D eigenvalue weighted by atomic mass is 9.71. The van der Waals surface area contributed by atoms with Crippen molar-refractivity contribution in [1.82, 2.24) is 14.5 Å². The largest absolute Gasteiger partial charge is 0.480 e. The van der Waals surface area contributed by atoms with Crippen LogP contribution in [0.25, 0.3) is 22.3 Å². The van der Waals surface area contributed by atoms with Crippen LogP contribution in [0.2, 0.25) is 5.02 Å². The van der Waals surface area contributed by atoms with E-state index in [-0.39, 0.29) is 5.56 Å². The molecule has 2 fully saturated rings. The first kappa shape index (κ1) is 22.1. The Morgan fingerprint density at radius 2 is 1.88 bits per heavy atom. The van der Waals surface area contributed by atoms with Crippen LogP contribution in [-0.2, 0) is 11.3 Å². The Morgan fingerprint density at radius 1 is 1.09 bits per heavy atom. The van der Waals surface area contributed by atoms with Crippen LogP contribution in [0.15, 0.2) is 47.3 Å². The minimum atomic E-state index is -1.09. The van der Waals surface area contributed by atoms with Crippen LogP contribution in [-0.4, -0.2) is 45.2 Å². The number of benzene rings is 2. The molecule has 1 N–H and O–H groups in total. The topological polar surface area (TPSA) is 75.4 Å². The molecule has 0 bridgehead atoms. The summed E-state index contributed by atoms with van der Waals surface area (Å²) in [4.78, 5) is 32.2. The number of carboxylic acid groups (broad SMARTS) is 1. The summed E-state index contributed by atoms with van der Waals surface area (Å²) in [5, 5.41) is 10.4. The lowest BCUT2D eigenvalue weighted by molar-refractivity contribution is -0.137. The second-order valence-electron chi connectivity index (χ2n) is 9.40. The maximum atomic E-state index is 13.4. The number of hydrogen-bond donors (Lipinski definition) is 1. The summed E-state index contributed by atoms with van der Waals surface area (Å²) in [6, 6.07) is 12.9. The summed E-state index contributed by atoms with van der Waals surface area (Å²) >= 11 is 6.13. The van der Waals surface area contributed by atoms with Crippen LogP contribution in [0.3, 0.4) is 0 Å². The molecule has 33 heavy (non-hydrogen) atoms. The third-order valence-corrected chi connectivity index (χ3v) is 7.26. The van der Waals surface area contributed by atoms with E-state index in [4.69, 9.17) is 11.6 Å². The molecule has 1 saturated heterocycles. The molecule has 1 aliphatic carbocycles. The van der Waals surface area contributed by atoms with Gasteiger partial charge in [-0.3, -0.25) is 14.2 Å². The summed E-state index contributed by atoms with van der Waals surface area (Å²) < 4.78 is 1.24. The van der Waals surface area contributed by atoms with Gasteiger partial charge in [0.05, 0.1) is 10.9 Å². The number of piperidine rings is 1. The average molecular weight is 466 g/mol. The predicted molar refractivity (Wildman–Crippen MR) is 130 cm³/mol. The third-order valence-electron chi connectivity index (χ3n) is 7.03. The number of fused-ring (bicyclic) bond motifs is 1. The van der Waals surface area contributed by atoms with E-state index < -0.39 is 12.5 Å². The molecular formula is C26H28ClN3O3. The van der Waals surface area contributed by atoms with E-state index in [1.54, 1.807) is 24.3 Å². The van der Waals surface area contributed by atoms with Crippen LogP contribution in [0.1, 0.15) is 43.6 Å². The SMILES string of the molecule is O=C(O)Cn1c(-c2cccc(Cl)c2)nc2ccc([C@H]3C[C@H](CN4CCCCC4)C3)cc2c1=O. The number of hydrogen-bond acceptors (Lipinski definition) is 4. The van der Waals surface area contributed by atoms with Gasteiger partial charge in [-0.15, -0.1) is 0 Å². The van der Waals surface area contributed by atoms with Crippen molar-refractivity contribution in [2.24, 2.45) is 5.92 Å². The van der Waals surface area contributed by atoms with Crippen molar-refractivity contribution < 1.29 is 9.90 Å². The second-order valence-corrected chi connectivity index (χ2v) is 9.84. The number of aromatic nitrogens is 2. The smallest absolute Gasteiger partial charge is 0.323 e. The van der Waals surface area contributed by atoms with Gasteiger partial charge >= 0.3 is 5.97 Å². The van der Waals surface area contributed by atoms with Gasteiger partial charge in [0.25, 0.3) is 5.56 Å². The third kappa shape index (κ3) is 4.68. The first-order valence-electron chi connectivity index (χ1n) is 11.7. The summed E-state index contributed by atoms with van der Waals surface area (Å²) in [6.45, 7) is 3.18. The Labute approximate surface area is 197 Å². The summed E-state index contributed by atoms with van der Waals surface area (Å²) in [6.07, 6.45) is 6.26. The van der Waals surface area contributed by atoms with Crippen molar-refractivity contribution in [3.63, 3.8) is 0 Å². The number of halogens is 1. The first-order chi connectivity index (χ1) is 16.0. The highest BCUT2D eigenvalue weighted by Gasteiger charge is 2.32. The van der Waals surface area contributed by atoms with Gasteiger partial charge in [0.1, 0.15) is 12.4 Å². The van der Waals surface area contributed by atoms with Crippen molar-refractivity contribution in [1.29, 1.82) is 0 Å². The molecule has 0 unspecified atom stereocenters. The summed E-state index contributed by atoms with van der Waals surface area (Å²) in [5.41, 5.74) is 2.01. The first-order valence-corrected chi connectivity index (χ1v) is 12.1. The number of nitrogens with zero attached hydrogens (tertiary/aromatic N) is 3. The highest BCUT2D eigenvalue weighted by molar-refractivity contribution is 6.30. The van der Waals surface area contributed by atoms with Crippen LogP contribution in [0.5, 0.6) is 0 Å². The molecule has 0 amide bonds. The van der Waals surface area contributed by atoms with Gasteiger partial charge in [-0.05, 0) is 80.4 Å². The van der Waals surface area contributed by atoms with Crippen molar-refractivity contribution in [3.05, 3.63) is 63.4 Å². The molecule has 0 atom stereocenters. The lowest BCUT2D eigenvalue weighted by Crippen LogP contribution is -2.38. The Kier molecular flexibility index (Phi) is 6.21. The van der Waals surface area contributed by atoms with Crippen molar-refractivity contribution in [2.45, 2.75) is 44.6 Å². The molecule has 0 spiro atoms. The second kappa shape index (κ2) is 9.27. The van der Waals surface area contributed by atoms with E-state index in [1.165, 1.54) is 43.5 Å². The molecule has 2 aliphatic rings. The van der Waals surface area contributed by atoms with Crippen LogP contribution < -0.4 is 5.56 Å². The number of likely N-dealkylation sites (tertiary alicyclic amines) is 1. The fourth-order valence-corrected chi connectivity index (χ4v) is 5.48. The maximum absolute atomic E-state index is 13.4. The Morgan fingerprint density at radius 3 is 2.61 bits per heavy atom. The molecule has 7 heteroatoms. The van der Waals surface area contributed by atoms with Gasteiger partial charge in [0.15, 0.2) is 0 Å². The predicted octanol–water partition coefficient (Wildman–Crippen LogP) is 4.78.